The summed E-state index contributed by atoms with van der Waals surface area (Å²) in [4.78, 5) is 0. The molecule has 0 radical (unpaired) electrons. The second-order valence-corrected chi connectivity index (χ2v) is 0.447. The number of hydrogen-bond donors (Lipinski definition) is 0. The van der Waals surface area contributed by atoms with Crippen LogP contribution in [0.1, 0.15) is 13.8 Å². The Morgan fingerprint density at radius 2 is 0.769 bits per heavy atom. The van der Waals surface area contributed by atoms with Crippen LogP contribution in [0.5, 0.6) is 0 Å². The molecule has 0 aromatic heterocycles. The number of nitrogens with zero attached hydrogens (tertiary/aromatic N) is 2. The van der Waals surface area contributed by atoms with Gasteiger partial charge in [0.25, 0.3) is 0 Å². The fraction of sp³-hybridized carbons (Fsp3) is 0.286. The Bertz CT molecular complexity index is 147. The van der Waals surface area contributed by atoms with Crippen LogP contribution in [0.2, 0.25) is 0 Å². The van der Waals surface area contributed by atoms with Crippen LogP contribution in [0.15, 0.2) is 0 Å². The Hall–Kier alpha value is -1.27. The molecule has 0 spiro atoms. The molecule has 0 aliphatic rings. The van der Waals surface area contributed by atoms with Gasteiger partial charge in [0.1, 0.15) is 0 Å². The van der Waals surface area contributed by atoms with E-state index in [1.165, 1.54) is 13.8 Å². The zero-order valence-corrected chi connectivity index (χ0v) is 8.30. The molecule has 0 bridgehead atoms. The normalized spacial score (nSPS) is 1.69. The molecule has 0 amide bonds. The molecule has 0 aromatic carbocycles. The molecule has 0 atom stereocenters. The molecule has 0 aliphatic carbocycles. The Balaban J connectivity index is -0.0000000118. The summed E-state index contributed by atoms with van der Waals surface area (Å²) in [5.41, 5.74) is 0. The van der Waals surface area contributed by atoms with Crippen molar-refractivity contribution in [2.75, 3.05) is 0 Å². The van der Waals surface area contributed by atoms with Crippen molar-refractivity contribution in [1.82, 2.24) is 0 Å². The Labute approximate surface area is 88.3 Å². The fourth-order valence-corrected chi connectivity index (χ4v) is 0. The number of rotatable bonds is 0. The first-order valence-electron chi connectivity index (χ1n) is 2.06. The van der Waals surface area contributed by atoms with Crippen LogP contribution < -0.4 is 0 Å². The maximum Gasteiger partial charge on any atom is 0 e. The van der Waals surface area contributed by atoms with E-state index in [0.717, 1.165) is 0 Å². The quantitative estimate of drug-likeness (QED) is 0.445. The van der Waals surface area contributed by atoms with Gasteiger partial charge in [-0.1, -0.05) is 0 Å². The van der Waals surface area contributed by atoms with Crippen molar-refractivity contribution in [3.05, 3.63) is 20.0 Å². The second kappa shape index (κ2) is 1890. The minimum absolute atomic E-state index is 0. The van der Waals surface area contributed by atoms with E-state index in [2.05, 4.69) is 20.0 Å². The van der Waals surface area contributed by atoms with Crippen LogP contribution in [-0.4, -0.2) is 0 Å². The van der Waals surface area contributed by atoms with Gasteiger partial charge in [-0.25, -0.2) is 0 Å². The predicted octanol–water partition coefficient (Wildman–Crippen LogP) is 0.945. The van der Waals surface area contributed by atoms with E-state index >= 15 is 0 Å². The van der Waals surface area contributed by atoms with E-state index in [1.807, 2.05) is 0 Å². The van der Waals surface area contributed by atoms with Gasteiger partial charge in [0, 0.05) is 31.2 Å². The van der Waals surface area contributed by atoms with Gasteiger partial charge >= 0.3 is 33.9 Å². The maximum absolute atomic E-state index is 7.50. The third-order valence-corrected chi connectivity index (χ3v) is 0. The zero-order valence-electron chi connectivity index (χ0n) is 7.03. The summed E-state index contributed by atoms with van der Waals surface area (Å²) in [6, 6.07) is 3.50. The summed E-state index contributed by atoms with van der Waals surface area (Å²) in [6.07, 6.45) is 0. The molecule has 0 saturated carbocycles. The molecule has 0 saturated heterocycles. The first-order valence-corrected chi connectivity index (χ1v) is 2.06. The Morgan fingerprint density at radius 1 is 0.769 bits per heavy atom. The molecule has 0 fully saturated rings. The van der Waals surface area contributed by atoms with Crippen molar-refractivity contribution in [3.8, 4) is 12.1 Å². The summed E-state index contributed by atoms with van der Waals surface area (Å²) in [6.45, 7) is 16.4. The molecule has 68 valence electrons. The topological polar surface area (TPSA) is 107 Å². The van der Waals surface area contributed by atoms with Crippen LogP contribution in [0.4, 0.5) is 0 Å². The molecule has 0 heterocycles. The first kappa shape index (κ1) is 41.1. The standard InChI is InChI=1S/2C2H3N.3CO.Cr/c2*1-2-3;3*1-2;/h2*1H3;;;;. The monoisotopic (exact) mass is 218 g/mol. The van der Waals surface area contributed by atoms with E-state index in [-0.39, 0.29) is 17.4 Å². The van der Waals surface area contributed by atoms with Crippen LogP contribution in [0.3, 0.4) is 0 Å². The van der Waals surface area contributed by atoms with Crippen molar-refractivity contribution in [3.63, 3.8) is 0 Å². The van der Waals surface area contributed by atoms with Crippen LogP contribution in [0, 0.1) is 42.6 Å². The minimum atomic E-state index is 0. The number of nitriles is 2. The van der Waals surface area contributed by atoms with E-state index in [0.29, 0.717) is 0 Å². The molecule has 0 aromatic rings. The van der Waals surface area contributed by atoms with Gasteiger partial charge in [-0.2, -0.15) is 10.5 Å². The summed E-state index contributed by atoms with van der Waals surface area (Å²) in [7, 11) is 0. The second-order valence-electron chi connectivity index (χ2n) is 0.447. The van der Waals surface area contributed by atoms with Crippen LogP contribution >= 0.6 is 0 Å². The maximum atomic E-state index is 7.50. The van der Waals surface area contributed by atoms with E-state index in [4.69, 9.17) is 24.5 Å². The van der Waals surface area contributed by atoms with E-state index in [1.54, 1.807) is 12.1 Å². The summed E-state index contributed by atoms with van der Waals surface area (Å²) in [5, 5.41) is 14.6. The molecule has 6 heteroatoms. The van der Waals surface area contributed by atoms with Crippen molar-refractivity contribution < 1.29 is 31.3 Å². The van der Waals surface area contributed by atoms with Gasteiger partial charge in [0.15, 0.2) is 0 Å². The molecule has 0 N–H and O–H groups in total. The molecule has 0 unspecified atom stereocenters. The van der Waals surface area contributed by atoms with Gasteiger partial charge in [0.2, 0.25) is 0 Å². The molecular formula is C7H6CrN2O3. The van der Waals surface area contributed by atoms with Gasteiger partial charge < -0.3 is 0 Å². The van der Waals surface area contributed by atoms with Crippen molar-refractivity contribution >= 4 is 0 Å². The van der Waals surface area contributed by atoms with Gasteiger partial charge in [-0.15, -0.1) is 0 Å². The first-order chi connectivity index (χ1) is 5.83. The zero-order chi connectivity index (χ0) is 11.4. The SMILES string of the molecule is CC#N.CC#N.[C-]#[O+].[C-]#[O+].[C-]#[O+].[Cr]. The van der Waals surface area contributed by atoms with Crippen molar-refractivity contribution in [2.45, 2.75) is 13.8 Å². The molecule has 0 rings (SSSR count). The Morgan fingerprint density at radius 3 is 0.769 bits per heavy atom. The predicted molar refractivity (Wildman–Crippen MR) is 34.4 cm³/mol. The molecule has 13 heavy (non-hydrogen) atoms. The average Bonchev–Trinajstić information content (AvgIpc) is 2.16. The minimum Gasteiger partial charge on any atom is 0 e. The molecule has 0 aliphatic heterocycles. The average molecular weight is 218 g/mol. The number of hydrogen-bond acceptors (Lipinski definition) is 2. The smallest absolute Gasteiger partial charge is 0 e. The third-order valence-electron chi connectivity index (χ3n) is 0. The Kier molecular flexibility index (Phi) is 5990. The fourth-order valence-electron chi connectivity index (χ4n) is 0. The third kappa shape index (κ3) is 509. The van der Waals surface area contributed by atoms with Crippen LogP contribution in [-0.2, 0) is 31.3 Å². The van der Waals surface area contributed by atoms with Crippen molar-refractivity contribution in [1.29, 1.82) is 10.5 Å². The summed E-state index contributed by atoms with van der Waals surface area (Å²) < 4.78 is 22.5. The van der Waals surface area contributed by atoms with Gasteiger partial charge in [-0.3, -0.25) is 0 Å². The largest absolute Gasteiger partial charge is 0 e. The molecular weight excluding hydrogens is 212 g/mol. The summed E-state index contributed by atoms with van der Waals surface area (Å²) >= 11 is 0. The van der Waals surface area contributed by atoms with Crippen LogP contribution in [0.25, 0.3) is 0 Å². The van der Waals surface area contributed by atoms with E-state index in [9.17, 15) is 0 Å². The van der Waals surface area contributed by atoms with Gasteiger partial charge in [-0.05, 0) is 0 Å². The van der Waals surface area contributed by atoms with Gasteiger partial charge in [0.05, 0.1) is 12.1 Å². The molecule has 5 nitrogen and oxygen atoms in total. The van der Waals surface area contributed by atoms with E-state index < -0.39 is 0 Å². The van der Waals surface area contributed by atoms with Crippen molar-refractivity contribution in [2.24, 2.45) is 0 Å². The summed E-state index contributed by atoms with van der Waals surface area (Å²) in [5.74, 6) is 0.